The zero-order valence-corrected chi connectivity index (χ0v) is 18.5. The maximum absolute atomic E-state index is 13.1. The van der Waals surface area contributed by atoms with E-state index in [1.54, 1.807) is 40.1 Å². The summed E-state index contributed by atoms with van der Waals surface area (Å²) in [6.45, 7) is 2.43. The molecule has 0 radical (unpaired) electrons. The van der Waals surface area contributed by atoms with Gasteiger partial charge in [-0.05, 0) is 62.4 Å². The summed E-state index contributed by atoms with van der Waals surface area (Å²) >= 11 is 3.23. The molecule has 0 bridgehead atoms. The lowest BCUT2D eigenvalue weighted by molar-refractivity contribution is -0.118. The van der Waals surface area contributed by atoms with Crippen molar-refractivity contribution in [3.05, 3.63) is 56.7 Å². The standard InChI is InChI=1S/C22H24FN3O2S2/c1-2-26(15-9-7-14(23)8-10-15)19(27)11-12-29-13-18-24-21(28)20-16-5-3-4-6-17(16)30-22(20)25-18/h7-10H,2-6,11-13H2,1H3,(H,24,25,28). The summed E-state index contributed by atoms with van der Waals surface area (Å²) in [7, 11) is 0. The second kappa shape index (κ2) is 9.31. The minimum absolute atomic E-state index is 0.000514. The average molecular weight is 446 g/mol. The number of benzene rings is 1. The highest BCUT2D eigenvalue weighted by Gasteiger charge is 2.20. The van der Waals surface area contributed by atoms with Gasteiger partial charge in [0.05, 0.1) is 11.1 Å². The lowest BCUT2D eigenvalue weighted by Crippen LogP contribution is -2.30. The Morgan fingerprint density at radius 1 is 1.27 bits per heavy atom. The third kappa shape index (κ3) is 4.44. The van der Waals surface area contributed by atoms with Crippen molar-refractivity contribution in [3.8, 4) is 0 Å². The highest BCUT2D eigenvalue weighted by atomic mass is 32.2. The van der Waals surface area contributed by atoms with Crippen LogP contribution in [-0.4, -0.2) is 28.2 Å². The third-order valence-electron chi connectivity index (χ3n) is 5.33. The van der Waals surface area contributed by atoms with Gasteiger partial charge in [-0.3, -0.25) is 9.59 Å². The van der Waals surface area contributed by atoms with Crippen LogP contribution in [0.25, 0.3) is 10.2 Å². The Morgan fingerprint density at radius 2 is 2.03 bits per heavy atom. The minimum atomic E-state index is -0.317. The van der Waals surface area contributed by atoms with E-state index in [1.165, 1.54) is 29.0 Å². The van der Waals surface area contributed by atoms with E-state index in [4.69, 9.17) is 0 Å². The van der Waals surface area contributed by atoms with Crippen LogP contribution in [0.15, 0.2) is 29.1 Å². The van der Waals surface area contributed by atoms with E-state index in [1.807, 2.05) is 6.92 Å². The van der Waals surface area contributed by atoms with Crippen LogP contribution in [0.5, 0.6) is 0 Å². The van der Waals surface area contributed by atoms with Gasteiger partial charge in [-0.1, -0.05) is 0 Å². The number of halogens is 1. The Hall–Kier alpha value is -2.19. The van der Waals surface area contributed by atoms with Gasteiger partial charge < -0.3 is 9.88 Å². The quantitative estimate of drug-likeness (QED) is 0.537. The summed E-state index contributed by atoms with van der Waals surface area (Å²) in [5.74, 6) is 1.53. The molecule has 0 saturated heterocycles. The molecule has 1 aromatic carbocycles. The van der Waals surface area contributed by atoms with Gasteiger partial charge in [0.2, 0.25) is 5.91 Å². The molecule has 158 valence electrons. The first-order chi connectivity index (χ1) is 14.6. The number of anilines is 1. The second-order valence-corrected chi connectivity index (χ2v) is 9.51. The summed E-state index contributed by atoms with van der Waals surface area (Å²) in [5.41, 5.74) is 1.85. The number of hydrogen-bond acceptors (Lipinski definition) is 5. The molecule has 1 N–H and O–H groups in total. The molecule has 1 aliphatic carbocycles. The van der Waals surface area contributed by atoms with Crippen molar-refractivity contribution in [1.82, 2.24) is 9.97 Å². The first-order valence-electron chi connectivity index (χ1n) is 10.2. The van der Waals surface area contributed by atoms with E-state index in [9.17, 15) is 14.0 Å². The van der Waals surface area contributed by atoms with E-state index < -0.39 is 0 Å². The number of hydrogen-bond donors (Lipinski definition) is 1. The van der Waals surface area contributed by atoms with Crippen LogP contribution >= 0.6 is 23.1 Å². The fourth-order valence-electron chi connectivity index (χ4n) is 3.86. The summed E-state index contributed by atoms with van der Waals surface area (Å²) in [5, 5.41) is 0.775. The average Bonchev–Trinajstić information content (AvgIpc) is 3.12. The van der Waals surface area contributed by atoms with Crippen LogP contribution in [0.3, 0.4) is 0 Å². The number of nitrogens with one attached hydrogen (secondary N) is 1. The number of aryl methyl sites for hydroxylation is 2. The van der Waals surface area contributed by atoms with E-state index in [2.05, 4.69) is 9.97 Å². The van der Waals surface area contributed by atoms with Gasteiger partial charge in [0, 0.05) is 29.3 Å². The highest BCUT2D eigenvalue weighted by molar-refractivity contribution is 7.98. The molecule has 2 aromatic heterocycles. The Labute approximate surface area is 182 Å². The van der Waals surface area contributed by atoms with Gasteiger partial charge >= 0.3 is 0 Å². The number of thioether (sulfide) groups is 1. The number of H-pyrrole nitrogens is 1. The van der Waals surface area contributed by atoms with Crippen LogP contribution in [-0.2, 0) is 23.4 Å². The topological polar surface area (TPSA) is 66.1 Å². The fourth-order valence-corrected chi connectivity index (χ4v) is 5.94. The zero-order valence-electron chi connectivity index (χ0n) is 16.9. The number of aromatic amines is 1. The Morgan fingerprint density at radius 3 is 2.80 bits per heavy atom. The SMILES string of the molecule is CCN(C(=O)CCSCc1nc2sc3c(c2c(=O)[nH]1)CCCC3)c1ccc(F)cc1. The Kier molecular flexibility index (Phi) is 6.53. The summed E-state index contributed by atoms with van der Waals surface area (Å²) in [6, 6.07) is 5.96. The zero-order chi connectivity index (χ0) is 21.1. The fraction of sp³-hybridized carbons (Fsp3) is 0.409. The van der Waals surface area contributed by atoms with Crippen LogP contribution < -0.4 is 10.5 Å². The van der Waals surface area contributed by atoms with Crippen molar-refractivity contribution >= 4 is 44.9 Å². The molecule has 2 heterocycles. The molecular formula is C22H24FN3O2S2. The lowest BCUT2D eigenvalue weighted by atomic mass is 9.97. The number of amides is 1. The molecule has 0 spiro atoms. The van der Waals surface area contributed by atoms with Crippen molar-refractivity contribution in [3.63, 3.8) is 0 Å². The van der Waals surface area contributed by atoms with Crippen molar-refractivity contribution in [2.24, 2.45) is 0 Å². The van der Waals surface area contributed by atoms with Gasteiger partial charge in [0.15, 0.2) is 0 Å². The molecule has 0 atom stereocenters. The number of fused-ring (bicyclic) bond motifs is 3. The molecule has 30 heavy (non-hydrogen) atoms. The van der Waals surface area contributed by atoms with Crippen LogP contribution in [0.4, 0.5) is 10.1 Å². The van der Waals surface area contributed by atoms with Crippen LogP contribution in [0.2, 0.25) is 0 Å². The summed E-state index contributed by atoms with van der Waals surface area (Å²) in [4.78, 5) is 36.6. The number of thiophene rings is 1. The maximum atomic E-state index is 13.1. The molecule has 5 nitrogen and oxygen atoms in total. The summed E-state index contributed by atoms with van der Waals surface area (Å²) < 4.78 is 13.1. The number of carbonyl (C=O) groups is 1. The lowest BCUT2D eigenvalue weighted by Gasteiger charge is -2.21. The van der Waals surface area contributed by atoms with Gasteiger partial charge in [-0.15, -0.1) is 11.3 Å². The molecule has 0 saturated carbocycles. The number of rotatable bonds is 7. The molecular weight excluding hydrogens is 421 g/mol. The Balaban J connectivity index is 1.36. The first kappa shape index (κ1) is 21.1. The van der Waals surface area contributed by atoms with Crippen molar-refractivity contribution in [2.45, 2.75) is 44.8 Å². The number of aromatic nitrogens is 2. The first-order valence-corrected chi connectivity index (χ1v) is 12.2. The largest absolute Gasteiger partial charge is 0.313 e. The number of nitrogens with zero attached hydrogens (tertiary/aromatic N) is 2. The molecule has 4 rings (SSSR count). The van der Waals surface area contributed by atoms with E-state index in [-0.39, 0.29) is 17.3 Å². The highest BCUT2D eigenvalue weighted by Crippen LogP contribution is 2.33. The maximum Gasteiger partial charge on any atom is 0.259 e. The summed E-state index contributed by atoms with van der Waals surface area (Å²) in [6.07, 6.45) is 4.70. The van der Waals surface area contributed by atoms with Crippen molar-refractivity contribution < 1.29 is 9.18 Å². The van der Waals surface area contributed by atoms with Crippen LogP contribution in [0.1, 0.15) is 42.5 Å². The van der Waals surface area contributed by atoms with E-state index in [0.29, 0.717) is 36.0 Å². The Bertz CT molecular complexity index is 1110. The molecule has 8 heteroatoms. The normalized spacial score (nSPS) is 13.4. The molecule has 0 unspecified atom stereocenters. The van der Waals surface area contributed by atoms with Crippen molar-refractivity contribution in [2.75, 3.05) is 17.2 Å². The van der Waals surface area contributed by atoms with Gasteiger partial charge in [0.25, 0.3) is 5.56 Å². The molecule has 1 amide bonds. The van der Waals surface area contributed by atoms with E-state index in [0.717, 1.165) is 29.5 Å². The third-order valence-corrected chi connectivity index (χ3v) is 7.48. The predicted molar refractivity (Wildman–Crippen MR) is 122 cm³/mol. The molecule has 0 aliphatic heterocycles. The van der Waals surface area contributed by atoms with Crippen LogP contribution in [0, 0.1) is 5.82 Å². The van der Waals surface area contributed by atoms with E-state index >= 15 is 0 Å². The second-order valence-electron chi connectivity index (χ2n) is 7.32. The predicted octanol–water partition coefficient (Wildman–Crippen LogP) is 4.68. The monoisotopic (exact) mass is 445 g/mol. The van der Waals surface area contributed by atoms with Gasteiger partial charge in [-0.25, -0.2) is 9.37 Å². The molecule has 0 fully saturated rings. The smallest absolute Gasteiger partial charge is 0.259 e. The van der Waals surface area contributed by atoms with Gasteiger partial charge in [0.1, 0.15) is 16.5 Å². The minimum Gasteiger partial charge on any atom is -0.313 e. The molecule has 3 aromatic rings. The molecule has 1 aliphatic rings. The van der Waals surface area contributed by atoms with Crippen molar-refractivity contribution in [1.29, 1.82) is 0 Å². The van der Waals surface area contributed by atoms with Gasteiger partial charge in [-0.2, -0.15) is 11.8 Å². The number of carbonyl (C=O) groups excluding carboxylic acids is 1.